The highest BCUT2D eigenvalue weighted by atomic mass is 19.4. The highest BCUT2D eigenvalue weighted by Crippen LogP contribution is 2.31. The zero-order valence-corrected chi connectivity index (χ0v) is 21.4. The Hall–Kier alpha value is -3.74. The van der Waals surface area contributed by atoms with E-state index in [1.165, 1.54) is 12.1 Å². The summed E-state index contributed by atoms with van der Waals surface area (Å²) >= 11 is 0. The molecule has 7 heteroatoms. The molecule has 1 atom stereocenters. The van der Waals surface area contributed by atoms with Gasteiger partial charge in [0.25, 0.3) is 0 Å². The zero-order valence-electron chi connectivity index (χ0n) is 21.4. The number of benzene rings is 3. The van der Waals surface area contributed by atoms with Crippen molar-refractivity contribution in [2.75, 3.05) is 13.2 Å². The summed E-state index contributed by atoms with van der Waals surface area (Å²) in [5.41, 5.74) is 1.84. The summed E-state index contributed by atoms with van der Waals surface area (Å²) in [6.45, 7) is 7.94. The lowest BCUT2D eigenvalue weighted by Gasteiger charge is -2.27. The maximum Gasteiger partial charge on any atom is 0.416 e. The number of carbonyl (C=O) groups is 1. The van der Waals surface area contributed by atoms with Crippen LogP contribution in [-0.4, -0.2) is 24.8 Å². The number of hydrogen-bond acceptors (Lipinski definition) is 4. The molecule has 1 unspecified atom stereocenters. The van der Waals surface area contributed by atoms with Crippen molar-refractivity contribution in [1.82, 2.24) is 0 Å². The zero-order chi connectivity index (χ0) is 27.1. The molecule has 3 aromatic rings. The quantitative estimate of drug-likeness (QED) is 0.259. The Morgan fingerprint density at radius 1 is 0.838 bits per heavy atom. The van der Waals surface area contributed by atoms with Gasteiger partial charge in [-0.3, -0.25) is 0 Å². The standard InChI is InChI=1S/C30H31F3O4/c1-5-29(4,28(34)35-6-2)37-27-17-15-26(16-18-27)36-20-19-21(3)22-7-9-23(10-8-22)24-11-13-25(14-12-24)30(31,32)33/h7-19H,5-6,20H2,1-4H3/b21-19+. The molecule has 0 heterocycles. The molecule has 3 rings (SSSR count). The van der Waals surface area contributed by atoms with Gasteiger partial charge in [0.1, 0.15) is 18.1 Å². The highest BCUT2D eigenvalue weighted by molar-refractivity contribution is 5.79. The van der Waals surface area contributed by atoms with Crippen molar-refractivity contribution in [2.45, 2.75) is 45.9 Å². The minimum atomic E-state index is -4.34. The average molecular weight is 513 g/mol. The third kappa shape index (κ3) is 7.38. The molecule has 0 saturated heterocycles. The van der Waals surface area contributed by atoms with E-state index in [4.69, 9.17) is 14.2 Å². The largest absolute Gasteiger partial charge is 0.490 e. The van der Waals surface area contributed by atoms with E-state index < -0.39 is 23.3 Å². The minimum absolute atomic E-state index is 0.292. The molecule has 0 aliphatic heterocycles. The SMILES string of the molecule is CCOC(=O)C(C)(CC)Oc1ccc(OC/C=C(\C)c2ccc(-c3ccc(C(F)(F)F)cc3)cc2)cc1. The van der Waals surface area contributed by atoms with Crippen LogP contribution >= 0.6 is 0 Å². The van der Waals surface area contributed by atoms with Gasteiger partial charge < -0.3 is 14.2 Å². The van der Waals surface area contributed by atoms with Gasteiger partial charge >= 0.3 is 12.1 Å². The number of hydrogen-bond donors (Lipinski definition) is 0. The molecule has 0 aliphatic carbocycles. The molecule has 0 aromatic heterocycles. The predicted molar refractivity (Wildman–Crippen MR) is 138 cm³/mol. The Bertz CT molecular complexity index is 1200. The van der Waals surface area contributed by atoms with Crippen LogP contribution in [0.4, 0.5) is 13.2 Å². The number of halogens is 3. The molecule has 37 heavy (non-hydrogen) atoms. The van der Waals surface area contributed by atoms with Crippen molar-refractivity contribution in [2.24, 2.45) is 0 Å². The van der Waals surface area contributed by atoms with Crippen LogP contribution in [0.25, 0.3) is 16.7 Å². The lowest BCUT2D eigenvalue weighted by Crippen LogP contribution is -2.42. The Balaban J connectivity index is 1.57. The number of allylic oxidation sites excluding steroid dienone is 1. The summed E-state index contributed by atoms with van der Waals surface area (Å²) in [7, 11) is 0. The van der Waals surface area contributed by atoms with E-state index in [0.717, 1.165) is 34.4 Å². The first kappa shape index (κ1) is 27.8. The first-order valence-corrected chi connectivity index (χ1v) is 12.1. The molecule has 0 fully saturated rings. The number of carbonyl (C=O) groups excluding carboxylic acids is 1. The molecule has 3 aromatic carbocycles. The summed E-state index contributed by atoms with van der Waals surface area (Å²) in [4.78, 5) is 12.2. The topological polar surface area (TPSA) is 44.8 Å². The molecule has 196 valence electrons. The number of rotatable bonds is 10. The fraction of sp³-hybridized carbons (Fsp3) is 0.300. The molecular formula is C30H31F3O4. The third-order valence-corrected chi connectivity index (χ3v) is 6.07. The van der Waals surface area contributed by atoms with Crippen LogP contribution in [0.5, 0.6) is 11.5 Å². The maximum atomic E-state index is 12.8. The molecule has 0 aliphatic rings. The first-order valence-electron chi connectivity index (χ1n) is 12.1. The fourth-order valence-corrected chi connectivity index (χ4v) is 3.56. The van der Waals surface area contributed by atoms with Crippen LogP contribution < -0.4 is 9.47 Å². The summed E-state index contributed by atoms with van der Waals surface area (Å²) in [5.74, 6) is 0.804. The second-order valence-corrected chi connectivity index (χ2v) is 8.73. The molecule has 0 radical (unpaired) electrons. The minimum Gasteiger partial charge on any atom is -0.490 e. The predicted octanol–water partition coefficient (Wildman–Crippen LogP) is 7.97. The van der Waals surface area contributed by atoms with E-state index in [0.29, 0.717) is 31.1 Å². The summed E-state index contributed by atoms with van der Waals surface area (Å²) in [6.07, 6.45) is -1.92. The molecule has 4 nitrogen and oxygen atoms in total. The van der Waals surface area contributed by atoms with E-state index in [1.54, 1.807) is 38.1 Å². The van der Waals surface area contributed by atoms with Crippen LogP contribution in [0.2, 0.25) is 0 Å². The van der Waals surface area contributed by atoms with Gasteiger partial charge in [0, 0.05) is 0 Å². The number of ether oxygens (including phenoxy) is 3. The van der Waals surface area contributed by atoms with Crippen molar-refractivity contribution in [1.29, 1.82) is 0 Å². The van der Waals surface area contributed by atoms with E-state index in [1.807, 2.05) is 44.2 Å². The van der Waals surface area contributed by atoms with E-state index >= 15 is 0 Å². The van der Waals surface area contributed by atoms with E-state index in [-0.39, 0.29) is 0 Å². The normalized spacial score (nSPS) is 13.5. The Morgan fingerprint density at radius 3 is 1.89 bits per heavy atom. The Kier molecular flexibility index (Phi) is 9.03. The summed E-state index contributed by atoms with van der Waals surface area (Å²) < 4.78 is 55.2. The average Bonchev–Trinajstić information content (AvgIpc) is 2.89. The number of alkyl halides is 3. The molecule has 0 amide bonds. The third-order valence-electron chi connectivity index (χ3n) is 6.07. The van der Waals surface area contributed by atoms with Crippen molar-refractivity contribution >= 4 is 11.5 Å². The van der Waals surface area contributed by atoms with Gasteiger partial charge in [-0.25, -0.2) is 4.79 Å². The molecular weight excluding hydrogens is 481 g/mol. The smallest absolute Gasteiger partial charge is 0.416 e. The van der Waals surface area contributed by atoms with Crippen LogP contribution in [0.3, 0.4) is 0 Å². The second kappa shape index (κ2) is 12.0. The van der Waals surface area contributed by atoms with Crippen LogP contribution in [0.15, 0.2) is 78.9 Å². The van der Waals surface area contributed by atoms with Gasteiger partial charge in [-0.1, -0.05) is 43.3 Å². The van der Waals surface area contributed by atoms with Gasteiger partial charge in [-0.15, -0.1) is 0 Å². The number of esters is 1. The fourth-order valence-electron chi connectivity index (χ4n) is 3.56. The Labute approximate surface area is 215 Å². The van der Waals surface area contributed by atoms with Crippen LogP contribution in [-0.2, 0) is 15.7 Å². The summed E-state index contributed by atoms with van der Waals surface area (Å²) in [5, 5.41) is 0. The van der Waals surface area contributed by atoms with Gasteiger partial charge in [-0.05, 0) is 91.9 Å². The molecule has 0 N–H and O–H groups in total. The van der Waals surface area contributed by atoms with Gasteiger partial charge in [0.05, 0.1) is 12.2 Å². The van der Waals surface area contributed by atoms with Crippen molar-refractivity contribution in [3.05, 3.63) is 90.0 Å². The highest BCUT2D eigenvalue weighted by Gasteiger charge is 2.35. The maximum absolute atomic E-state index is 12.8. The van der Waals surface area contributed by atoms with E-state index in [2.05, 4.69) is 0 Å². The second-order valence-electron chi connectivity index (χ2n) is 8.73. The van der Waals surface area contributed by atoms with E-state index in [9.17, 15) is 18.0 Å². The monoisotopic (exact) mass is 512 g/mol. The Morgan fingerprint density at radius 2 is 1.38 bits per heavy atom. The van der Waals surface area contributed by atoms with Crippen LogP contribution in [0, 0.1) is 0 Å². The summed E-state index contributed by atoms with van der Waals surface area (Å²) in [6, 6.07) is 19.8. The molecule has 0 saturated carbocycles. The van der Waals surface area contributed by atoms with Crippen molar-refractivity contribution < 1.29 is 32.2 Å². The lowest BCUT2D eigenvalue weighted by atomic mass is 10.00. The molecule has 0 spiro atoms. The molecule has 0 bridgehead atoms. The van der Waals surface area contributed by atoms with Crippen LogP contribution in [0.1, 0.15) is 45.2 Å². The van der Waals surface area contributed by atoms with Crippen molar-refractivity contribution in [3.8, 4) is 22.6 Å². The first-order chi connectivity index (χ1) is 17.6. The lowest BCUT2D eigenvalue weighted by molar-refractivity contribution is -0.160. The van der Waals surface area contributed by atoms with Gasteiger partial charge in [0.15, 0.2) is 0 Å². The van der Waals surface area contributed by atoms with Gasteiger partial charge in [0.2, 0.25) is 5.60 Å². The van der Waals surface area contributed by atoms with Crippen molar-refractivity contribution in [3.63, 3.8) is 0 Å². The van der Waals surface area contributed by atoms with Gasteiger partial charge in [-0.2, -0.15) is 13.2 Å².